The summed E-state index contributed by atoms with van der Waals surface area (Å²) < 4.78 is 28.3. The smallest absolute Gasteiger partial charge is 0.231 e. The summed E-state index contributed by atoms with van der Waals surface area (Å²) in [6.07, 6.45) is 4.11. The third kappa shape index (κ3) is 3.29. The molecule has 2 heterocycles. The van der Waals surface area contributed by atoms with Crippen LogP contribution in [0.25, 0.3) is 6.08 Å². The van der Waals surface area contributed by atoms with Gasteiger partial charge in [-0.1, -0.05) is 0 Å². The van der Waals surface area contributed by atoms with E-state index in [4.69, 9.17) is 23.7 Å². The fraction of sp³-hybridized carbons (Fsp3) is 0.375. The lowest BCUT2D eigenvalue weighted by atomic mass is 10.00. The maximum Gasteiger partial charge on any atom is 0.231 e. The molecule has 162 valence electrons. The zero-order valence-corrected chi connectivity index (χ0v) is 18.1. The van der Waals surface area contributed by atoms with E-state index in [1.165, 1.54) is 12.8 Å². The number of hydrogen-bond donors (Lipinski definition) is 0. The number of ether oxygens (including phenoxy) is 5. The zero-order valence-electron chi connectivity index (χ0n) is 18.1. The van der Waals surface area contributed by atoms with Gasteiger partial charge in [0.1, 0.15) is 24.0 Å². The van der Waals surface area contributed by atoms with E-state index in [-0.39, 0.29) is 11.5 Å². The first-order valence-corrected chi connectivity index (χ1v) is 10.3. The van der Waals surface area contributed by atoms with Crippen molar-refractivity contribution in [1.29, 1.82) is 0 Å². The van der Waals surface area contributed by atoms with Crippen molar-refractivity contribution in [3.63, 3.8) is 0 Å². The van der Waals surface area contributed by atoms with Crippen molar-refractivity contribution in [3.05, 3.63) is 46.2 Å². The Morgan fingerprint density at radius 2 is 1.71 bits per heavy atom. The van der Waals surface area contributed by atoms with Gasteiger partial charge in [-0.2, -0.15) is 0 Å². The van der Waals surface area contributed by atoms with Crippen molar-refractivity contribution in [2.45, 2.75) is 32.4 Å². The normalized spacial score (nSPS) is 18.8. The van der Waals surface area contributed by atoms with Gasteiger partial charge in [0.15, 0.2) is 17.3 Å². The van der Waals surface area contributed by atoms with Gasteiger partial charge in [0.2, 0.25) is 5.78 Å². The Labute approximate surface area is 181 Å². The van der Waals surface area contributed by atoms with Crippen molar-refractivity contribution < 1.29 is 28.5 Å². The molecule has 7 heteroatoms. The number of nitrogens with zero attached hydrogens (tertiary/aromatic N) is 1. The molecule has 2 aromatic rings. The van der Waals surface area contributed by atoms with E-state index in [1.807, 2.05) is 13.0 Å². The molecular formula is C24H25NO6. The second-order valence-corrected chi connectivity index (χ2v) is 8.01. The van der Waals surface area contributed by atoms with Gasteiger partial charge in [0, 0.05) is 35.3 Å². The van der Waals surface area contributed by atoms with Gasteiger partial charge in [-0.15, -0.1) is 0 Å². The van der Waals surface area contributed by atoms with Crippen molar-refractivity contribution in [2.24, 2.45) is 0 Å². The van der Waals surface area contributed by atoms with Crippen molar-refractivity contribution >= 4 is 11.9 Å². The number of carbonyl (C=O) groups excluding carboxylic acids is 1. The summed E-state index contributed by atoms with van der Waals surface area (Å²) in [4.78, 5) is 15.5. The molecule has 7 nitrogen and oxygen atoms in total. The SMILES string of the molecule is COc1cc(OC)c(OC)cc1/C=C1\Oc2c(cc3c(c2C)OCN(C2CC2)C3)C1=O. The van der Waals surface area contributed by atoms with Gasteiger partial charge >= 0.3 is 0 Å². The highest BCUT2D eigenvalue weighted by Crippen LogP contribution is 2.45. The Morgan fingerprint density at radius 1 is 1.00 bits per heavy atom. The molecule has 0 spiro atoms. The van der Waals surface area contributed by atoms with Crippen molar-refractivity contribution in [2.75, 3.05) is 28.1 Å². The van der Waals surface area contributed by atoms with Gasteiger partial charge in [0.05, 0.1) is 26.9 Å². The van der Waals surface area contributed by atoms with Crippen molar-refractivity contribution in [3.8, 4) is 28.7 Å². The summed E-state index contributed by atoms with van der Waals surface area (Å²) in [7, 11) is 4.69. The number of carbonyl (C=O) groups is 1. The molecule has 0 atom stereocenters. The number of rotatable bonds is 5. The zero-order chi connectivity index (χ0) is 21.7. The van der Waals surface area contributed by atoms with E-state index in [0.717, 1.165) is 23.4 Å². The summed E-state index contributed by atoms with van der Waals surface area (Å²) in [6, 6.07) is 6.00. The van der Waals surface area contributed by atoms with Crippen LogP contribution in [-0.4, -0.2) is 44.8 Å². The standard InChI is InChI=1S/C24H25NO6/c1-13-23-15(11-25(12-30-23)16-5-6-16)7-17-22(26)21(31-24(13)17)9-14-8-19(28-3)20(29-4)10-18(14)27-2/h7-10,16H,5-6,11-12H2,1-4H3/b21-9-. The van der Waals surface area contributed by atoms with Crippen LogP contribution < -0.4 is 23.7 Å². The number of methoxy groups -OCH3 is 3. The third-order valence-corrected chi connectivity index (χ3v) is 6.05. The van der Waals surface area contributed by atoms with Gasteiger partial charge in [0.25, 0.3) is 0 Å². The van der Waals surface area contributed by atoms with Crippen LogP contribution in [0.15, 0.2) is 24.0 Å². The highest BCUT2D eigenvalue weighted by molar-refractivity contribution is 6.15. The first-order chi connectivity index (χ1) is 15.0. The Hall–Kier alpha value is -3.19. The molecule has 0 aromatic heterocycles. The molecule has 0 saturated heterocycles. The number of hydrogen-bond acceptors (Lipinski definition) is 7. The van der Waals surface area contributed by atoms with E-state index >= 15 is 0 Å². The van der Waals surface area contributed by atoms with E-state index in [2.05, 4.69) is 4.90 Å². The van der Waals surface area contributed by atoms with E-state index in [0.29, 0.717) is 46.9 Å². The number of allylic oxidation sites excluding steroid dienone is 1. The minimum absolute atomic E-state index is 0.152. The first kappa shape index (κ1) is 19.8. The maximum atomic E-state index is 13.2. The lowest BCUT2D eigenvalue weighted by Crippen LogP contribution is -2.34. The van der Waals surface area contributed by atoms with Crippen LogP contribution in [0.2, 0.25) is 0 Å². The predicted octanol–water partition coefficient (Wildman–Crippen LogP) is 3.95. The fourth-order valence-corrected chi connectivity index (χ4v) is 4.25. The Balaban J connectivity index is 1.52. The number of benzene rings is 2. The van der Waals surface area contributed by atoms with E-state index < -0.39 is 0 Å². The largest absolute Gasteiger partial charge is 0.496 e. The van der Waals surface area contributed by atoms with Gasteiger partial charge in [-0.25, -0.2) is 0 Å². The molecule has 1 saturated carbocycles. The molecule has 0 amide bonds. The third-order valence-electron chi connectivity index (χ3n) is 6.05. The first-order valence-electron chi connectivity index (χ1n) is 10.3. The molecule has 0 radical (unpaired) electrons. The summed E-state index contributed by atoms with van der Waals surface area (Å²) in [6.45, 7) is 3.32. The number of fused-ring (bicyclic) bond motifs is 2. The molecule has 2 aliphatic heterocycles. The molecule has 5 rings (SSSR count). The van der Waals surface area contributed by atoms with Crippen LogP contribution in [0, 0.1) is 6.92 Å². The molecule has 0 bridgehead atoms. The summed E-state index contributed by atoms with van der Waals surface area (Å²) >= 11 is 0. The fourth-order valence-electron chi connectivity index (χ4n) is 4.25. The molecule has 31 heavy (non-hydrogen) atoms. The molecule has 2 aromatic carbocycles. The second-order valence-electron chi connectivity index (χ2n) is 8.01. The maximum absolute atomic E-state index is 13.2. The molecule has 1 fully saturated rings. The lowest BCUT2D eigenvalue weighted by molar-refractivity contribution is 0.0872. The minimum Gasteiger partial charge on any atom is -0.496 e. The van der Waals surface area contributed by atoms with Crippen LogP contribution in [-0.2, 0) is 6.54 Å². The highest BCUT2D eigenvalue weighted by Gasteiger charge is 2.37. The summed E-state index contributed by atoms with van der Waals surface area (Å²) in [5.74, 6) is 3.12. The average molecular weight is 423 g/mol. The number of Topliss-reactive ketones (excluding diaryl/α,β-unsaturated/α-hetero) is 1. The lowest BCUT2D eigenvalue weighted by Gasteiger charge is -2.30. The van der Waals surface area contributed by atoms with Gasteiger partial charge < -0.3 is 23.7 Å². The van der Waals surface area contributed by atoms with Crippen molar-refractivity contribution in [1.82, 2.24) is 4.90 Å². The van der Waals surface area contributed by atoms with Crippen LogP contribution in [0.4, 0.5) is 0 Å². The molecule has 0 unspecified atom stereocenters. The highest BCUT2D eigenvalue weighted by atomic mass is 16.5. The van der Waals surface area contributed by atoms with Crippen LogP contribution in [0.3, 0.4) is 0 Å². The Kier molecular flexibility index (Phi) is 4.78. The van der Waals surface area contributed by atoms with Gasteiger partial charge in [-0.3, -0.25) is 9.69 Å². The van der Waals surface area contributed by atoms with E-state index in [1.54, 1.807) is 39.5 Å². The quantitative estimate of drug-likeness (QED) is 0.675. The van der Waals surface area contributed by atoms with Crippen LogP contribution in [0.5, 0.6) is 28.7 Å². The summed E-state index contributed by atoms with van der Waals surface area (Å²) in [5, 5.41) is 0. The summed E-state index contributed by atoms with van der Waals surface area (Å²) in [5.41, 5.74) is 3.13. The van der Waals surface area contributed by atoms with E-state index in [9.17, 15) is 4.79 Å². The Bertz CT molecular complexity index is 1100. The number of ketones is 1. The predicted molar refractivity (Wildman–Crippen MR) is 114 cm³/mol. The van der Waals surface area contributed by atoms with Gasteiger partial charge in [-0.05, 0) is 38.0 Å². The van der Waals surface area contributed by atoms with Crippen LogP contribution >= 0.6 is 0 Å². The molecular weight excluding hydrogens is 398 g/mol. The van der Waals surface area contributed by atoms with Crippen LogP contribution in [0.1, 0.15) is 39.9 Å². The molecule has 1 aliphatic carbocycles. The monoisotopic (exact) mass is 423 g/mol. The second kappa shape index (κ2) is 7.50. The topological polar surface area (TPSA) is 66.5 Å². The Morgan fingerprint density at radius 3 is 2.39 bits per heavy atom. The minimum atomic E-state index is -0.152. The molecule has 0 N–H and O–H groups in total. The molecule has 3 aliphatic rings. The average Bonchev–Trinajstić information content (AvgIpc) is 3.59.